The van der Waals surface area contributed by atoms with Crippen LogP contribution in [0.3, 0.4) is 0 Å². The molecule has 3 rings (SSSR count). The van der Waals surface area contributed by atoms with Gasteiger partial charge in [-0.3, -0.25) is 4.98 Å². The number of pyridine rings is 1. The minimum atomic E-state index is -0.369. The van der Waals surface area contributed by atoms with Crippen molar-refractivity contribution in [3.8, 4) is 5.75 Å². The number of aliphatic hydroxyl groups is 1. The summed E-state index contributed by atoms with van der Waals surface area (Å²) in [5.41, 5.74) is 2.57. The number of aromatic nitrogens is 1. The lowest BCUT2D eigenvalue weighted by molar-refractivity contribution is 0.273. The smallest absolute Gasteiger partial charge is 0.209 e. The Kier molecular flexibility index (Phi) is 7.41. The first-order valence-electron chi connectivity index (χ1n) is 10.0. The number of nitrogens with zero attached hydrogens (tertiary/aromatic N) is 3. The second kappa shape index (κ2) is 10.2. The lowest BCUT2D eigenvalue weighted by atomic mass is 9.98. The van der Waals surface area contributed by atoms with Gasteiger partial charge in [0.25, 0.3) is 0 Å². The van der Waals surface area contributed by atoms with E-state index in [1.54, 1.807) is 26.6 Å². The molecule has 1 N–H and O–H groups in total. The monoisotopic (exact) mass is 411 g/mol. The summed E-state index contributed by atoms with van der Waals surface area (Å²) in [5, 5.41) is 9.88. The first-order valence-corrected chi connectivity index (χ1v) is 10.0. The highest BCUT2D eigenvalue weighted by Gasteiger charge is 2.32. The summed E-state index contributed by atoms with van der Waals surface area (Å²) < 4.78 is 17.1. The standard InChI is InChI=1S/C23H29N3O4/c1-15(2)21-23(29-4)25-19(22(26-21)28-3)10-18-17(13-27)11-24-12-20(18)30-14-16-8-6-5-7-9-16/h5-9,11-12,15,19,21,27H,10,13-14H2,1-4H3/t19-,21-/m1/s1. The van der Waals surface area contributed by atoms with Crippen LogP contribution >= 0.6 is 0 Å². The van der Waals surface area contributed by atoms with Gasteiger partial charge < -0.3 is 19.3 Å². The van der Waals surface area contributed by atoms with Crippen molar-refractivity contribution < 1.29 is 19.3 Å². The predicted molar refractivity (Wildman–Crippen MR) is 116 cm³/mol. The van der Waals surface area contributed by atoms with Crippen LogP contribution in [0, 0.1) is 5.92 Å². The molecular weight excluding hydrogens is 382 g/mol. The van der Waals surface area contributed by atoms with Crippen LogP contribution in [0.2, 0.25) is 0 Å². The van der Waals surface area contributed by atoms with Crippen LogP contribution in [-0.2, 0) is 29.1 Å². The average molecular weight is 412 g/mol. The molecule has 2 heterocycles. The van der Waals surface area contributed by atoms with Gasteiger partial charge in [0.05, 0.1) is 27.0 Å². The Bertz CT molecular complexity index is 897. The summed E-state index contributed by atoms with van der Waals surface area (Å²) in [5.74, 6) is 1.97. The van der Waals surface area contributed by atoms with Crippen LogP contribution in [-0.4, -0.2) is 48.2 Å². The van der Waals surface area contributed by atoms with Crippen molar-refractivity contribution >= 4 is 11.8 Å². The molecule has 0 aliphatic carbocycles. The molecule has 7 heteroatoms. The number of hydrogen-bond donors (Lipinski definition) is 1. The highest BCUT2D eigenvalue weighted by Crippen LogP contribution is 2.27. The van der Waals surface area contributed by atoms with Gasteiger partial charge >= 0.3 is 0 Å². The number of hydrogen-bond acceptors (Lipinski definition) is 7. The number of rotatable bonds is 7. The van der Waals surface area contributed by atoms with Gasteiger partial charge in [-0.2, -0.15) is 0 Å². The topological polar surface area (TPSA) is 85.5 Å². The Morgan fingerprint density at radius 1 is 1.00 bits per heavy atom. The molecule has 0 saturated carbocycles. The van der Waals surface area contributed by atoms with E-state index in [0.717, 1.165) is 11.1 Å². The zero-order valence-corrected chi connectivity index (χ0v) is 17.9. The summed E-state index contributed by atoms with van der Waals surface area (Å²) >= 11 is 0. The van der Waals surface area contributed by atoms with Gasteiger partial charge in [0.1, 0.15) is 24.4 Å². The number of aliphatic imine (C=N–C) groups is 2. The van der Waals surface area contributed by atoms with Gasteiger partial charge in [-0.25, -0.2) is 9.98 Å². The van der Waals surface area contributed by atoms with E-state index >= 15 is 0 Å². The average Bonchev–Trinajstić information content (AvgIpc) is 2.78. The Hall–Kier alpha value is -2.93. The Labute approximate surface area is 177 Å². The Morgan fingerprint density at radius 2 is 1.73 bits per heavy atom. The predicted octanol–water partition coefficient (Wildman–Crippen LogP) is 3.19. The summed E-state index contributed by atoms with van der Waals surface area (Å²) in [7, 11) is 3.21. The molecule has 0 bridgehead atoms. The normalized spacial score (nSPS) is 18.6. The third-order valence-electron chi connectivity index (χ3n) is 5.05. The van der Waals surface area contributed by atoms with Crippen LogP contribution in [0.5, 0.6) is 5.75 Å². The van der Waals surface area contributed by atoms with Gasteiger partial charge in [0.15, 0.2) is 0 Å². The third kappa shape index (κ3) is 4.97. The van der Waals surface area contributed by atoms with Gasteiger partial charge in [0.2, 0.25) is 11.8 Å². The molecule has 2 aromatic rings. The second-order valence-electron chi connectivity index (χ2n) is 7.46. The van der Waals surface area contributed by atoms with Crippen molar-refractivity contribution in [3.63, 3.8) is 0 Å². The van der Waals surface area contributed by atoms with E-state index in [2.05, 4.69) is 18.8 Å². The fourth-order valence-electron chi connectivity index (χ4n) is 3.42. The molecule has 1 aliphatic rings. The van der Waals surface area contributed by atoms with Gasteiger partial charge in [0, 0.05) is 23.7 Å². The van der Waals surface area contributed by atoms with E-state index < -0.39 is 0 Å². The molecule has 0 unspecified atom stereocenters. The molecule has 160 valence electrons. The maximum Gasteiger partial charge on any atom is 0.209 e. The summed E-state index contributed by atoms with van der Waals surface area (Å²) in [6.07, 6.45) is 3.77. The molecule has 0 saturated heterocycles. The van der Waals surface area contributed by atoms with E-state index in [9.17, 15) is 5.11 Å². The quantitative estimate of drug-likeness (QED) is 0.756. The maximum absolute atomic E-state index is 9.88. The summed E-state index contributed by atoms with van der Waals surface area (Å²) in [4.78, 5) is 13.7. The molecule has 0 radical (unpaired) electrons. The first-order chi connectivity index (χ1) is 14.6. The van der Waals surface area contributed by atoms with Crippen LogP contribution in [0.15, 0.2) is 52.7 Å². The molecule has 0 amide bonds. The van der Waals surface area contributed by atoms with Crippen LogP contribution in [0.25, 0.3) is 0 Å². The highest BCUT2D eigenvalue weighted by molar-refractivity contribution is 5.94. The van der Waals surface area contributed by atoms with Crippen molar-refractivity contribution in [2.75, 3.05) is 14.2 Å². The maximum atomic E-state index is 9.88. The van der Waals surface area contributed by atoms with Crippen LogP contribution in [0.1, 0.15) is 30.5 Å². The van der Waals surface area contributed by atoms with E-state index in [1.807, 2.05) is 30.3 Å². The first kappa shape index (κ1) is 21.8. The van der Waals surface area contributed by atoms with Crippen molar-refractivity contribution in [2.24, 2.45) is 15.9 Å². The van der Waals surface area contributed by atoms with E-state index in [1.165, 1.54) is 0 Å². The van der Waals surface area contributed by atoms with E-state index in [4.69, 9.17) is 24.2 Å². The lowest BCUT2D eigenvalue weighted by Gasteiger charge is -2.27. The molecule has 7 nitrogen and oxygen atoms in total. The zero-order chi connectivity index (χ0) is 21.5. The van der Waals surface area contributed by atoms with Crippen molar-refractivity contribution in [1.82, 2.24) is 4.98 Å². The van der Waals surface area contributed by atoms with Crippen molar-refractivity contribution in [2.45, 2.75) is 45.6 Å². The number of methoxy groups -OCH3 is 2. The zero-order valence-electron chi connectivity index (χ0n) is 17.9. The van der Waals surface area contributed by atoms with Crippen molar-refractivity contribution in [3.05, 3.63) is 59.4 Å². The summed E-state index contributed by atoms with van der Waals surface area (Å²) in [6, 6.07) is 9.36. The van der Waals surface area contributed by atoms with Crippen LogP contribution in [0.4, 0.5) is 0 Å². The van der Waals surface area contributed by atoms with Crippen molar-refractivity contribution in [1.29, 1.82) is 0 Å². The van der Waals surface area contributed by atoms with E-state index in [0.29, 0.717) is 36.1 Å². The fraction of sp³-hybridized carbons (Fsp3) is 0.435. The van der Waals surface area contributed by atoms with Gasteiger partial charge in [-0.1, -0.05) is 44.2 Å². The van der Waals surface area contributed by atoms with Gasteiger partial charge in [-0.15, -0.1) is 0 Å². The number of aliphatic hydroxyl groups excluding tert-OH is 1. The Balaban J connectivity index is 1.89. The molecule has 1 aromatic heterocycles. The Morgan fingerprint density at radius 3 is 2.37 bits per heavy atom. The highest BCUT2D eigenvalue weighted by atomic mass is 16.5. The largest absolute Gasteiger partial charge is 0.487 e. The van der Waals surface area contributed by atoms with Gasteiger partial charge in [-0.05, 0) is 11.5 Å². The minimum absolute atomic E-state index is 0.146. The number of ether oxygens (including phenoxy) is 3. The molecule has 1 aliphatic heterocycles. The molecule has 1 aromatic carbocycles. The molecule has 2 atom stereocenters. The summed E-state index contributed by atoms with van der Waals surface area (Å²) in [6.45, 7) is 4.39. The fourth-order valence-corrected chi connectivity index (χ4v) is 3.42. The molecule has 30 heavy (non-hydrogen) atoms. The van der Waals surface area contributed by atoms with Crippen LogP contribution < -0.4 is 4.74 Å². The molecule has 0 fully saturated rings. The SMILES string of the molecule is COC1=N[C@H](C(C)C)C(OC)=N[C@@H]1Cc1c(CO)cncc1OCc1ccccc1. The molecule has 0 spiro atoms. The second-order valence-corrected chi connectivity index (χ2v) is 7.46. The number of benzene rings is 1. The molecular formula is C23H29N3O4. The van der Waals surface area contributed by atoms with E-state index in [-0.39, 0.29) is 24.6 Å². The third-order valence-corrected chi connectivity index (χ3v) is 5.05. The lowest BCUT2D eigenvalue weighted by Crippen LogP contribution is -2.38. The minimum Gasteiger partial charge on any atom is -0.487 e.